The lowest BCUT2D eigenvalue weighted by atomic mass is 10.0. The van der Waals surface area contributed by atoms with Gasteiger partial charge in [-0.05, 0) is 78.1 Å². The van der Waals surface area contributed by atoms with Crippen LogP contribution in [0.15, 0.2) is 35.3 Å². The number of carboxylic acids is 2. The van der Waals surface area contributed by atoms with Crippen LogP contribution in [0.1, 0.15) is 164 Å². The number of likely N-dealkylation sites (tertiary alicyclic amines) is 1. The number of nitrogens with zero attached hydrogens (tertiary/aromatic N) is 7. The highest BCUT2D eigenvalue weighted by molar-refractivity contribution is 9.10. The summed E-state index contributed by atoms with van der Waals surface area (Å²) in [6.45, 7) is 5.63. The predicted molar refractivity (Wildman–Crippen MR) is 337 cm³/mol. The summed E-state index contributed by atoms with van der Waals surface area (Å²) < 4.78 is 37.0. The molecule has 0 spiro atoms. The van der Waals surface area contributed by atoms with Crippen LogP contribution in [0.4, 0.5) is 10.2 Å². The van der Waals surface area contributed by atoms with E-state index in [0.717, 1.165) is 57.8 Å². The van der Waals surface area contributed by atoms with Crippen molar-refractivity contribution < 1.29 is 76.7 Å². The van der Waals surface area contributed by atoms with Gasteiger partial charge in [0.2, 0.25) is 35.4 Å². The van der Waals surface area contributed by atoms with Gasteiger partial charge < -0.3 is 60.6 Å². The first-order valence-corrected chi connectivity index (χ1v) is 32.5. The first kappa shape index (κ1) is 73.6. The molecule has 29 heteroatoms. The minimum atomic E-state index is -1.20. The van der Waals surface area contributed by atoms with Crippen molar-refractivity contribution >= 4 is 85.8 Å². The van der Waals surface area contributed by atoms with Crippen molar-refractivity contribution in [2.75, 3.05) is 71.3 Å². The molecule has 504 valence electrons. The minimum Gasteiger partial charge on any atom is -0.481 e. The number of hydrogen-bond acceptors (Lipinski definition) is 18. The van der Waals surface area contributed by atoms with E-state index < -0.39 is 41.7 Å². The lowest BCUT2D eigenvalue weighted by Crippen LogP contribution is -2.47. The predicted octanol–water partition coefficient (Wildman–Crippen LogP) is 6.30. The number of rotatable bonds is 46. The van der Waals surface area contributed by atoms with Crippen LogP contribution in [0.2, 0.25) is 0 Å². The number of hydrogen-bond donors (Lipinski definition) is 7. The number of pyridine rings is 2. The van der Waals surface area contributed by atoms with Gasteiger partial charge in [-0.3, -0.25) is 48.0 Å². The fraction of sp³-hybridized carbons (Fsp3) is 0.619. The Labute approximate surface area is 542 Å². The van der Waals surface area contributed by atoms with E-state index in [0.29, 0.717) is 46.4 Å². The summed E-state index contributed by atoms with van der Waals surface area (Å²) >= 11 is 3.06. The van der Waals surface area contributed by atoms with Gasteiger partial charge in [0, 0.05) is 68.7 Å². The quantitative estimate of drug-likeness (QED) is 0.0145. The summed E-state index contributed by atoms with van der Waals surface area (Å²) in [6, 6.07) is 0.791. The molecule has 0 aromatic carbocycles. The van der Waals surface area contributed by atoms with Crippen LogP contribution in [0.5, 0.6) is 0 Å². The van der Waals surface area contributed by atoms with Crippen LogP contribution in [0.25, 0.3) is 22.2 Å². The van der Waals surface area contributed by atoms with Crippen molar-refractivity contribution in [2.24, 2.45) is 5.41 Å². The molecule has 5 heterocycles. The van der Waals surface area contributed by atoms with E-state index in [9.17, 15) is 52.6 Å². The number of aliphatic carboxylic acids is 2. The summed E-state index contributed by atoms with van der Waals surface area (Å²) in [5.74, 6) is -4.63. The third kappa shape index (κ3) is 24.9. The normalized spacial score (nSPS) is 16.0. The van der Waals surface area contributed by atoms with Crippen LogP contribution in [-0.4, -0.2) is 182 Å². The van der Waals surface area contributed by atoms with Gasteiger partial charge in [-0.1, -0.05) is 84.0 Å². The summed E-state index contributed by atoms with van der Waals surface area (Å²) in [5, 5.41) is 36.5. The van der Waals surface area contributed by atoms with Gasteiger partial charge in [-0.25, -0.2) is 24.1 Å². The standard InChI is InChI=1S/C63H88BrFN12O15/c1-41-30-45(65)59(64)73-60(41)74-61(86)48-32-63(3)33-50(63)77(48)56(83)38-76-49-36-68-47(31-44(49)58(75-76)42(2)78)43-34-69-51(70-35-43)37-71-55(82)40-92-29-27-90-25-23-67-54(81)39-91-28-26-89-24-22-66-52(79)21-20-46(62(87)88)72-53(80)18-16-14-12-10-8-6-4-5-7-9-11-13-15-17-19-57(84)85/h30-31,34-36,46,48,50H,4-29,32-33,37-40H2,1-3H3,(H,66,79)(H,67,81)(H,71,82)(H,72,80)(H,84,85)(H,87,88)(H,73,74,86)/t46-,48-,50?,63-/m0/s1. The van der Waals surface area contributed by atoms with Crippen molar-refractivity contribution in [1.82, 2.24) is 55.9 Å². The molecular formula is C63H88BrFN12O15. The van der Waals surface area contributed by atoms with Crippen LogP contribution in [0, 0.1) is 18.2 Å². The number of amides is 6. The van der Waals surface area contributed by atoms with E-state index in [4.69, 9.17) is 24.1 Å². The Hall–Kier alpha value is -7.47. The number of anilines is 1. The number of carbonyl (C=O) groups is 9. The number of fused-ring (bicyclic) bond motifs is 2. The van der Waals surface area contributed by atoms with E-state index in [1.807, 2.05) is 6.92 Å². The lowest BCUT2D eigenvalue weighted by molar-refractivity contribution is -0.142. The van der Waals surface area contributed by atoms with Crippen molar-refractivity contribution in [1.29, 1.82) is 0 Å². The average molecular weight is 1350 g/mol. The zero-order valence-corrected chi connectivity index (χ0v) is 54.4. The number of aryl methyl sites for hydroxylation is 1. The topological polar surface area (TPSA) is 364 Å². The highest BCUT2D eigenvalue weighted by Crippen LogP contribution is 2.59. The number of halogens is 2. The smallest absolute Gasteiger partial charge is 0.326 e. The number of ketones is 1. The number of aromatic nitrogens is 6. The minimum absolute atomic E-state index is 0.00917. The van der Waals surface area contributed by atoms with Crippen LogP contribution in [-0.2, 0) is 70.4 Å². The molecule has 1 unspecified atom stereocenters. The molecular weight excluding hydrogens is 1260 g/mol. The molecule has 4 aromatic heterocycles. The Morgan fingerprint density at radius 1 is 0.696 bits per heavy atom. The van der Waals surface area contributed by atoms with Crippen LogP contribution >= 0.6 is 15.9 Å². The maximum absolute atomic E-state index is 14.0. The van der Waals surface area contributed by atoms with Crippen molar-refractivity contribution in [3.05, 3.63) is 58.2 Å². The Morgan fingerprint density at radius 2 is 1.26 bits per heavy atom. The summed E-state index contributed by atoms with van der Waals surface area (Å²) in [6.07, 6.45) is 20.9. The van der Waals surface area contributed by atoms with Crippen LogP contribution in [0.3, 0.4) is 0 Å². The molecule has 0 bridgehead atoms. The van der Waals surface area contributed by atoms with Gasteiger partial charge in [0.15, 0.2) is 11.6 Å². The van der Waals surface area contributed by atoms with Gasteiger partial charge in [0.05, 0.1) is 63.6 Å². The zero-order valence-electron chi connectivity index (χ0n) is 52.8. The number of ether oxygens (including phenoxy) is 4. The second-order valence-electron chi connectivity index (χ2n) is 23.5. The molecule has 27 nitrogen and oxygen atoms in total. The van der Waals surface area contributed by atoms with E-state index in [1.54, 1.807) is 17.9 Å². The summed E-state index contributed by atoms with van der Waals surface area (Å²) in [7, 11) is 0. The molecule has 1 saturated heterocycles. The van der Waals surface area contributed by atoms with E-state index >= 15 is 0 Å². The Balaban J connectivity index is 0.740. The monoisotopic (exact) mass is 1350 g/mol. The van der Waals surface area contributed by atoms with Crippen molar-refractivity contribution in [3.8, 4) is 11.3 Å². The van der Waals surface area contributed by atoms with E-state index in [1.165, 1.54) is 68.4 Å². The fourth-order valence-electron chi connectivity index (χ4n) is 10.8. The number of carbonyl (C=O) groups excluding carboxylic acids is 7. The first-order valence-electron chi connectivity index (χ1n) is 31.7. The average Bonchev–Trinajstić information content (AvgIpc) is 1.55. The lowest BCUT2D eigenvalue weighted by Gasteiger charge is -2.27. The molecule has 4 aromatic rings. The number of piperidine rings is 1. The molecule has 6 rings (SSSR count). The molecule has 7 N–H and O–H groups in total. The molecule has 2 fully saturated rings. The Bertz CT molecular complexity index is 3140. The molecule has 0 radical (unpaired) electrons. The zero-order chi connectivity index (χ0) is 66.4. The highest BCUT2D eigenvalue weighted by atomic mass is 79.9. The van der Waals surface area contributed by atoms with Gasteiger partial charge in [-0.2, -0.15) is 5.10 Å². The number of unbranched alkanes of at least 4 members (excludes halogenated alkanes) is 13. The third-order valence-electron chi connectivity index (χ3n) is 16.0. The van der Waals surface area contributed by atoms with E-state index in [2.05, 4.69) is 67.5 Å². The molecule has 1 aliphatic carbocycles. The van der Waals surface area contributed by atoms with Gasteiger partial charge in [0.1, 0.15) is 53.8 Å². The second kappa shape index (κ2) is 38.5. The third-order valence-corrected chi connectivity index (χ3v) is 16.5. The number of nitrogens with one attached hydrogen (secondary N) is 5. The second-order valence-corrected chi connectivity index (χ2v) is 24.2. The van der Waals surface area contributed by atoms with Gasteiger partial charge in [-0.15, -0.1) is 0 Å². The van der Waals surface area contributed by atoms with Gasteiger partial charge >= 0.3 is 11.9 Å². The fourth-order valence-corrected chi connectivity index (χ4v) is 11.1. The Kier molecular flexibility index (Phi) is 30.8. The summed E-state index contributed by atoms with van der Waals surface area (Å²) in [5.41, 5.74) is 1.69. The number of carboxylic acid groups (broad SMARTS) is 2. The van der Waals surface area contributed by atoms with E-state index in [-0.39, 0.29) is 162 Å². The molecule has 1 aliphatic heterocycles. The van der Waals surface area contributed by atoms with Gasteiger partial charge in [0.25, 0.3) is 0 Å². The SMILES string of the molecule is CC(=O)c1nn(CC(=O)N2C3C[C@]3(C)C[C@H]2C(=O)Nc2nc(Br)c(F)cc2C)c2cnc(-c3cnc(CNC(=O)COCCOCCNC(=O)COCCOCCNC(=O)CC[C@H](NC(=O)CCCCCCCCCCCCCCCCC(=O)O)C(=O)O)nc3)cc12. The van der Waals surface area contributed by atoms with Crippen molar-refractivity contribution in [3.63, 3.8) is 0 Å². The maximum atomic E-state index is 14.0. The first-order chi connectivity index (χ1) is 44.2. The number of Topliss-reactive ketones (excluding diaryl/α,β-unsaturated/α-hetero) is 1. The summed E-state index contributed by atoms with van der Waals surface area (Å²) in [4.78, 5) is 131. The van der Waals surface area contributed by atoms with Crippen LogP contribution < -0.4 is 26.6 Å². The molecule has 92 heavy (non-hydrogen) atoms. The maximum Gasteiger partial charge on any atom is 0.326 e. The molecule has 4 atom stereocenters. The molecule has 2 aliphatic rings. The highest BCUT2D eigenvalue weighted by Gasteiger charge is 2.64. The molecule has 6 amide bonds. The molecule has 1 saturated carbocycles. The Morgan fingerprint density at radius 3 is 1.85 bits per heavy atom. The largest absolute Gasteiger partial charge is 0.481 e. The van der Waals surface area contributed by atoms with Crippen molar-refractivity contribution in [2.45, 2.75) is 180 Å².